The molecule has 1 heterocycles. The summed E-state index contributed by atoms with van der Waals surface area (Å²) in [6.07, 6.45) is 7.51. The van der Waals surface area contributed by atoms with Crippen LogP contribution in [0, 0.1) is 5.92 Å². The highest BCUT2D eigenvalue weighted by atomic mass is 16.3. The standard InChI is InChI=1S/C19H23NO2/c1-2-14-9-11-15(12-10-14)20-19(21)17-7-4-3-6-16(17)18-8-5-13-22-18/h3-8,13-15H,2,9-12H2,1H3,(H,20,21). The van der Waals surface area contributed by atoms with E-state index in [-0.39, 0.29) is 5.91 Å². The second-order valence-electron chi connectivity index (χ2n) is 6.12. The molecule has 3 rings (SSSR count). The van der Waals surface area contributed by atoms with Crippen LogP contribution in [0.15, 0.2) is 47.1 Å². The number of hydrogen-bond acceptors (Lipinski definition) is 2. The first-order valence-electron chi connectivity index (χ1n) is 8.21. The van der Waals surface area contributed by atoms with E-state index >= 15 is 0 Å². The SMILES string of the molecule is CCC1CCC(NC(=O)c2ccccc2-c2ccco2)CC1. The minimum atomic E-state index is 0.00643. The molecule has 1 fully saturated rings. The minimum absolute atomic E-state index is 0.00643. The molecule has 1 aromatic carbocycles. The Labute approximate surface area is 131 Å². The normalized spacial score (nSPS) is 21.5. The fourth-order valence-corrected chi connectivity index (χ4v) is 3.31. The van der Waals surface area contributed by atoms with Crippen molar-refractivity contribution in [1.82, 2.24) is 5.32 Å². The highest BCUT2D eigenvalue weighted by Gasteiger charge is 2.23. The summed E-state index contributed by atoms with van der Waals surface area (Å²) in [6.45, 7) is 2.25. The van der Waals surface area contributed by atoms with Crippen molar-refractivity contribution >= 4 is 5.91 Å². The van der Waals surface area contributed by atoms with Gasteiger partial charge in [-0.15, -0.1) is 0 Å². The number of furan rings is 1. The van der Waals surface area contributed by atoms with Crippen molar-refractivity contribution < 1.29 is 9.21 Å². The van der Waals surface area contributed by atoms with Gasteiger partial charge >= 0.3 is 0 Å². The van der Waals surface area contributed by atoms with Gasteiger partial charge in [-0.25, -0.2) is 0 Å². The van der Waals surface area contributed by atoms with E-state index in [1.165, 1.54) is 19.3 Å². The Morgan fingerprint density at radius 3 is 2.59 bits per heavy atom. The van der Waals surface area contributed by atoms with Gasteiger partial charge in [0.15, 0.2) is 0 Å². The highest BCUT2D eigenvalue weighted by Crippen LogP contribution is 2.28. The molecule has 1 N–H and O–H groups in total. The molecule has 1 aromatic heterocycles. The Hall–Kier alpha value is -2.03. The number of amides is 1. The number of hydrogen-bond donors (Lipinski definition) is 1. The smallest absolute Gasteiger partial charge is 0.252 e. The molecule has 116 valence electrons. The van der Waals surface area contributed by atoms with Crippen molar-refractivity contribution in [2.75, 3.05) is 0 Å². The molecular formula is C19H23NO2. The molecular weight excluding hydrogens is 274 g/mol. The Morgan fingerprint density at radius 2 is 1.91 bits per heavy atom. The lowest BCUT2D eigenvalue weighted by Crippen LogP contribution is -2.37. The van der Waals surface area contributed by atoms with Crippen LogP contribution in [0.1, 0.15) is 49.4 Å². The van der Waals surface area contributed by atoms with Crippen LogP contribution in [-0.2, 0) is 0 Å². The Morgan fingerprint density at radius 1 is 1.14 bits per heavy atom. The first kappa shape index (κ1) is 14.9. The molecule has 0 spiro atoms. The molecule has 1 aliphatic carbocycles. The zero-order valence-corrected chi connectivity index (χ0v) is 13.0. The maximum Gasteiger partial charge on any atom is 0.252 e. The van der Waals surface area contributed by atoms with Crippen LogP contribution in [0.4, 0.5) is 0 Å². The first-order chi connectivity index (χ1) is 10.8. The minimum Gasteiger partial charge on any atom is -0.464 e. The lowest BCUT2D eigenvalue weighted by Gasteiger charge is -2.28. The zero-order valence-electron chi connectivity index (χ0n) is 13.0. The van der Waals surface area contributed by atoms with Crippen LogP contribution >= 0.6 is 0 Å². The van der Waals surface area contributed by atoms with Gasteiger partial charge in [0, 0.05) is 11.6 Å². The molecule has 1 amide bonds. The molecule has 0 atom stereocenters. The maximum atomic E-state index is 12.6. The maximum absolute atomic E-state index is 12.6. The predicted molar refractivity (Wildman–Crippen MR) is 87.6 cm³/mol. The van der Waals surface area contributed by atoms with Gasteiger partial charge in [0.2, 0.25) is 0 Å². The molecule has 3 heteroatoms. The third-order valence-electron chi connectivity index (χ3n) is 4.72. The first-order valence-corrected chi connectivity index (χ1v) is 8.21. The summed E-state index contributed by atoms with van der Waals surface area (Å²) >= 11 is 0. The predicted octanol–water partition coefficient (Wildman–Crippen LogP) is 4.65. The fraction of sp³-hybridized carbons (Fsp3) is 0.421. The van der Waals surface area contributed by atoms with E-state index in [0.717, 1.165) is 30.1 Å². The quantitative estimate of drug-likeness (QED) is 0.893. The number of carbonyl (C=O) groups is 1. The van der Waals surface area contributed by atoms with E-state index in [1.807, 2.05) is 36.4 Å². The van der Waals surface area contributed by atoms with Crippen molar-refractivity contribution in [3.8, 4) is 11.3 Å². The van der Waals surface area contributed by atoms with Gasteiger partial charge < -0.3 is 9.73 Å². The number of rotatable bonds is 4. The molecule has 1 saturated carbocycles. The highest BCUT2D eigenvalue weighted by molar-refractivity contribution is 6.00. The molecule has 2 aromatic rings. The summed E-state index contributed by atoms with van der Waals surface area (Å²) in [5, 5.41) is 3.20. The summed E-state index contributed by atoms with van der Waals surface area (Å²) in [5.74, 6) is 1.58. The largest absolute Gasteiger partial charge is 0.464 e. The number of benzene rings is 1. The van der Waals surface area contributed by atoms with Gasteiger partial charge in [-0.3, -0.25) is 4.79 Å². The molecule has 1 aliphatic rings. The second kappa shape index (κ2) is 6.82. The lowest BCUT2D eigenvalue weighted by molar-refractivity contribution is 0.0922. The van der Waals surface area contributed by atoms with Crippen molar-refractivity contribution in [1.29, 1.82) is 0 Å². The van der Waals surface area contributed by atoms with E-state index in [2.05, 4.69) is 12.2 Å². The monoisotopic (exact) mass is 297 g/mol. The van der Waals surface area contributed by atoms with Crippen molar-refractivity contribution in [3.05, 3.63) is 48.2 Å². The topological polar surface area (TPSA) is 42.2 Å². The van der Waals surface area contributed by atoms with Gasteiger partial charge in [-0.2, -0.15) is 0 Å². The van der Waals surface area contributed by atoms with Gasteiger partial charge in [0.1, 0.15) is 5.76 Å². The molecule has 0 bridgehead atoms. The number of carbonyl (C=O) groups excluding carboxylic acids is 1. The average Bonchev–Trinajstić information content (AvgIpc) is 3.10. The molecule has 0 saturated heterocycles. The van der Waals surface area contributed by atoms with Gasteiger partial charge in [0.05, 0.1) is 11.8 Å². The third-order valence-corrected chi connectivity index (χ3v) is 4.72. The van der Waals surface area contributed by atoms with Gasteiger partial charge in [-0.05, 0) is 49.8 Å². The summed E-state index contributed by atoms with van der Waals surface area (Å²) < 4.78 is 5.45. The number of nitrogens with one attached hydrogen (secondary N) is 1. The average molecular weight is 297 g/mol. The summed E-state index contributed by atoms with van der Waals surface area (Å²) in [5.41, 5.74) is 1.54. The molecule has 0 unspecified atom stereocenters. The molecule has 0 radical (unpaired) electrons. The van der Waals surface area contributed by atoms with E-state index < -0.39 is 0 Å². The van der Waals surface area contributed by atoms with Crippen molar-refractivity contribution in [3.63, 3.8) is 0 Å². The molecule has 3 nitrogen and oxygen atoms in total. The Kier molecular flexibility index (Phi) is 4.62. The van der Waals surface area contributed by atoms with Crippen molar-refractivity contribution in [2.45, 2.75) is 45.1 Å². The third kappa shape index (κ3) is 3.24. The summed E-state index contributed by atoms with van der Waals surface area (Å²) in [7, 11) is 0. The van der Waals surface area contributed by atoms with E-state index in [4.69, 9.17) is 4.42 Å². The van der Waals surface area contributed by atoms with Gasteiger partial charge in [0.25, 0.3) is 5.91 Å². The molecule has 22 heavy (non-hydrogen) atoms. The van der Waals surface area contributed by atoms with E-state index in [0.29, 0.717) is 11.6 Å². The summed E-state index contributed by atoms with van der Waals surface area (Å²) in [4.78, 5) is 12.6. The van der Waals surface area contributed by atoms with E-state index in [1.54, 1.807) is 6.26 Å². The zero-order chi connectivity index (χ0) is 15.4. The van der Waals surface area contributed by atoms with E-state index in [9.17, 15) is 4.79 Å². The van der Waals surface area contributed by atoms with Crippen LogP contribution in [-0.4, -0.2) is 11.9 Å². The second-order valence-corrected chi connectivity index (χ2v) is 6.12. The summed E-state index contributed by atoms with van der Waals surface area (Å²) in [6, 6.07) is 11.7. The van der Waals surface area contributed by atoms with Crippen LogP contribution in [0.25, 0.3) is 11.3 Å². The van der Waals surface area contributed by atoms with Crippen LogP contribution in [0.2, 0.25) is 0 Å². The van der Waals surface area contributed by atoms with Crippen LogP contribution in [0.3, 0.4) is 0 Å². The lowest BCUT2D eigenvalue weighted by atomic mass is 9.84. The molecule has 0 aliphatic heterocycles. The van der Waals surface area contributed by atoms with Crippen LogP contribution < -0.4 is 5.32 Å². The van der Waals surface area contributed by atoms with Crippen molar-refractivity contribution in [2.24, 2.45) is 5.92 Å². The van der Waals surface area contributed by atoms with Crippen LogP contribution in [0.5, 0.6) is 0 Å². The van der Waals surface area contributed by atoms with Gasteiger partial charge in [-0.1, -0.05) is 31.5 Å². The Bertz CT molecular complexity index is 610. The fourth-order valence-electron chi connectivity index (χ4n) is 3.31. The Balaban J connectivity index is 1.71.